The van der Waals surface area contributed by atoms with Gasteiger partial charge in [-0.1, -0.05) is 0 Å². The maximum absolute atomic E-state index is 12.3. The molecule has 2 saturated heterocycles. The molecule has 6 heteroatoms. The first-order valence-corrected chi connectivity index (χ1v) is 8.60. The fourth-order valence-corrected chi connectivity index (χ4v) is 3.69. The van der Waals surface area contributed by atoms with E-state index < -0.39 is 0 Å². The number of nitrogens with one attached hydrogen (secondary N) is 3. The quantitative estimate of drug-likeness (QED) is 0.756. The van der Waals surface area contributed by atoms with Crippen molar-refractivity contribution in [3.05, 3.63) is 23.3 Å². The van der Waals surface area contributed by atoms with Crippen LogP contribution in [0.25, 0.3) is 0 Å². The molecule has 3 aliphatic rings. The van der Waals surface area contributed by atoms with Gasteiger partial charge in [0.25, 0.3) is 5.91 Å². The Hall–Kier alpha value is -1.79. The maximum atomic E-state index is 12.3. The molecule has 6 nitrogen and oxygen atoms in total. The predicted molar refractivity (Wildman–Crippen MR) is 89.2 cm³/mol. The molecule has 0 spiro atoms. The minimum absolute atomic E-state index is 0.000851. The number of fused-ring (bicyclic) bond motifs is 1. The van der Waals surface area contributed by atoms with Crippen LogP contribution in [0.4, 0.5) is 5.69 Å². The Morgan fingerprint density at radius 2 is 1.78 bits per heavy atom. The Morgan fingerprint density at radius 1 is 1.04 bits per heavy atom. The highest BCUT2D eigenvalue weighted by molar-refractivity contribution is 6.02. The molecule has 0 aliphatic carbocycles. The van der Waals surface area contributed by atoms with Gasteiger partial charge in [0, 0.05) is 44.0 Å². The number of hydrogen-bond donors (Lipinski definition) is 3. The van der Waals surface area contributed by atoms with Gasteiger partial charge in [0.15, 0.2) is 0 Å². The summed E-state index contributed by atoms with van der Waals surface area (Å²) < 4.78 is 6.18. The third-order valence-electron chi connectivity index (χ3n) is 4.94. The first-order valence-electron chi connectivity index (χ1n) is 8.60. The summed E-state index contributed by atoms with van der Waals surface area (Å²) in [5.41, 5.74) is 3.03. The van der Waals surface area contributed by atoms with Crippen molar-refractivity contribution in [1.29, 1.82) is 0 Å². The lowest BCUT2D eigenvalue weighted by Crippen LogP contribution is -2.44. The summed E-state index contributed by atoms with van der Waals surface area (Å²) in [6.45, 7) is 6.52. The molecular weight excluding hydrogens is 292 g/mol. The summed E-state index contributed by atoms with van der Waals surface area (Å²) in [6.07, 6.45) is 2.20. The van der Waals surface area contributed by atoms with Crippen molar-refractivity contribution in [2.24, 2.45) is 0 Å². The molecule has 1 aromatic rings. The molecule has 124 valence electrons. The van der Waals surface area contributed by atoms with Crippen LogP contribution >= 0.6 is 0 Å². The van der Waals surface area contributed by atoms with E-state index in [-0.39, 0.29) is 12.0 Å². The molecule has 23 heavy (non-hydrogen) atoms. The third-order valence-corrected chi connectivity index (χ3v) is 4.94. The molecule has 0 atom stereocenters. The van der Waals surface area contributed by atoms with Crippen LogP contribution in [0, 0.1) is 0 Å². The Balaban J connectivity index is 1.63. The van der Waals surface area contributed by atoms with Crippen molar-refractivity contribution in [2.75, 3.05) is 44.2 Å². The zero-order chi connectivity index (χ0) is 15.6. The van der Waals surface area contributed by atoms with E-state index in [1.807, 2.05) is 6.07 Å². The van der Waals surface area contributed by atoms with Crippen molar-refractivity contribution >= 4 is 11.6 Å². The van der Waals surface area contributed by atoms with Crippen LogP contribution < -0.4 is 25.6 Å². The SMILES string of the molecule is O=C1NCc2c(N3CCNCC3)ccc(OC3CCNCC3)c21. The second kappa shape index (κ2) is 6.37. The largest absolute Gasteiger partial charge is 0.489 e. The first-order chi connectivity index (χ1) is 11.3. The van der Waals surface area contributed by atoms with Gasteiger partial charge in [-0.3, -0.25) is 4.79 Å². The lowest BCUT2D eigenvalue weighted by Gasteiger charge is -2.31. The highest BCUT2D eigenvalue weighted by Gasteiger charge is 2.30. The molecule has 3 heterocycles. The van der Waals surface area contributed by atoms with E-state index in [1.54, 1.807) is 0 Å². The first kappa shape index (κ1) is 14.8. The highest BCUT2D eigenvalue weighted by atomic mass is 16.5. The van der Waals surface area contributed by atoms with Crippen LogP contribution in [0.3, 0.4) is 0 Å². The number of piperazine rings is 1. The number of carbonyl (C=O) groups excluding carboxylic acids is 1. The van der Waals surface area contributed by atoms with Crippen LogP contribution in [0.1, 0.15) is 28.8 Å². The summed E-state index contributed by atoms with van der Waals surface area (Å²) in [7, 11) is 0. The number of anilines is 1. The fraction of sp³-hybridized carbons (Fsp3) is 0.588. The van der Waals surface area contributed by atoms with E-state index in [2.05, 4.69) is 26.9 Å². The van der Waals surface area contributed by atoms with E-state index in [4.69, 9.17) is 4.74 Å². The number of hydrogen-bond acceptors (Lipinski definition) is 5. The predicted octanol–water partition coefficient (Wildman–Crippen LogP) is 0.470. The normalized spacial score (nSPS) is 21.9. The number of nitrogens with zero attached hydrogens (tertiary/aromatic N) is 1. The zero-order valence-electron chi connectivity index (χ0n) is 13.4. The molecule has 1 amide bonds. The van der Waals surface area contributed by atoms with Gasteiger partial charge in [0.1, 0.15) is 11.9 Å². The molecule has 0 aromatic heterocycles. The summed E-state index contributed by atoms with van der Waals surface area (Å²) >= 11 is 0. The Morgan fingerprint density at radius 3 is 2.57 bits per heavy atom. The lowest BCUT2D eigenvalue weighted by atomic mass is 10.0. The second-order valence-electron chi connectivity index (χ2n) is 6.42. The van der Waals surface area contributed by atoms with Crippen molar-refractivity contribution in [1.82, 2.24) is 16.0 Å². The minimum Gasteiger partial charge on any atom is -0.489 e. The number of ether oxygens (including phenoxy) is 1. The van der Waals surface area contributed by atoms with Crippen LogP contribution in [-0.2, 0) is 6.54 Å². The average Bonchev–Trinajstić information content (AvgIpc) is 2.99. The van der Waals surface area contributed by atoms with E-state index in [0.717, 1.165) is 69.0 Å². The molecule has 0 unspecified atom stereocenters. The fourth-order valence-electron chi connectivity index (χ4n) is 3.69. The van der Waals surface area contributed by atoms with E-state index >= 15 is 0 Å². The molecule has 4 rings (SSSR count). The minimum atomic E-state index is 0.000851. The van der Waals surface area contributed by atoms with Crippen molar-refractivity contribution in [3.63, 3.8) is 0 Å². The van der Waals surface area contributed by atoms with Crippen LogP contribution in [0.2, 0.25) is 0 Å². The molecule has 3 aliphatic heterocycles. The number of carbonyl (C=O) groups is 1. The molecule has 1 aromatic carbocycles. The smallest absolute Gasteiger partial charge is 0.255 e. The summed E-state index contributed by atoms with van der Waals surface area (Å²) in [4.78, 5) is 14.7. The molecule has 3 N–H and O–H groups in total. The van der Waals surface area contributed by atoms with Gasteiger partial charge in [0.2, 0.25) is 0 Å². The van der Waals surface area contributed by atoms with Gasteiger partial charge < -0.3 is 25.6 Å². The zero-order valence-corrected chi connectivity index (χ0v) is 13.4. The van der Waals surface area contributed by atoms with Gasteiger partial charge in [-0.05, 0) is 38.1 Å². The van der Waals surface area contributed by atoms with Crippen molar-refractivity contribution < 1.29 is 9.53 Å². The third kappa shape index (κ3) is 2.88. The topological polar surface area (TPSA) is 65.6 Å². The second-order valence-corrected chi connectivity index (χ2v) is 6.42. The van der Waals surface area contributed by atoms with Crippen LogP contribution in [0.15, 0.2) is 12.1 Å². The Bertz CT molecular complexity index is 593. The van der Waals surface area contributed by atoms with Crippen molar-refractivity contribution in [3.8, 4) is 5.75 Å². The van der Waals surface area contributed by atoms with E-state index in [0.29, 0.717) is 6.54 Å². The van der Waals surface area contributed by atoms with Gasteiger partial charge in [-0.25, -0.2) is 0 Å². The molecule has 0 saturated carbocycles. The van der Waals surface area contributed by atoms with Gasteiger partial charge >= 0.3 is 0 Å². The van der Waals surface area contributed by atoms with Gasteiger partial charge in [-0.15, -0.1) is 0 Å². The van der Waals surface area contributed by atoms with Crippen molar-refractivity contribution in [2.45, 2.75) is 25.5 Å². The molecule has 0 radical (unpaired) electrons. The van der Waals surface area contributed by atoms with E-state index in [9.17, 15) is 4.79 Å². The number of piperidine rings is 1. The number of amides is 1. The highest BCUT2D eigenvalue weighted by Crippen LogP contribution is 2.35. The van der Waals surface area contributed by atoms with E-state index in [1.165, 1.54) is 5.69 Å². The Kier molecular flexibility index (Phi) is 4.10. The lowest BCUT2D eigenvalue weighted by molar-refractivity contribution is 0.0956. The summed E-state index contributed by atoms with van der Waals surface area (Å²) in [5.74, 6) is 0.752. The summed E-state index contributed by atoms with van der Waals surface area (Å²) in [5, 5.41) is 9.68. The monoisotopic (exact) mass is 316 g/mol. The molecular formula is C17H24N4O2. The van der Waals surface area contributed by atoms with Gasteiger partial charge in [-0.2, -0.15) is 0 Å². The van der Waals surface area contributed by atoms with Gasteiger partial charge in [0.05, 0.1) is 5.56 Å². The molecule has 0 bridgehead atoms. The standard InChI is InChI=1S/C17H24N4O2/c22-17-16-13(11-20-17)14(21-9-7-19-8-10-21)1-2-15(16)23-12-3-5-18-6-4-12/h1-2,12,18-19H,3-11H2,(H,20,22). The maximum Gasteiger partial charge on any atom is 0.255 e. The Labute approximate surface area is 136 Å². The van der Waals surface area contributed by atoms with Crippen LogP contribution in [0.5, 0.6) is 5.75 Å². The number of rotatable bonds is 3. The average molecular weight is 316 g/mol. The van der Waals surface area contributed by atoms with Crippen LogP contribution in [-0.4, -0.2) is 51.3 Å². The molecule has 2 fully saturated rings. The number of benzene rings is 1. The summed E-state index contributed by atoms with van der Waals surface area (Å²) in [6, 6.07) is 4.12.